The van der Waals surface area contributed by atoms with E-state index in [2.05, 4.69) is 0 Å². The third-order valence-electron chi connectivity index (χ3n) is 2.18. The van der Waals surface area contributed by atoms with E-state index >= 15 is 0 Å². The van der Waals surface area contributed by atoms with Crippen LogP contribution in [0, 0.1) is 0 Å². The first-order valence-electron chi connectivity index (χ1n) is 5.57. The number of Topliss-reactive ketones (excluding diaryl/α,β-unsaturated/α-hetero) is 1. The van der Waals surface area contributed by atoms with Crippen LogP contribution in [0.4, 0.5) is 0 Å². The van der Waals surface area contributed by atoms with Crippen LogP contribution < -0.4 is 9.47 Å². The van der Waals surface area contributed by atoms with Gasteiger partial charge in [-0.05, 0) is 26.0 Å². The van der Waals surface area contributed by atoms with E-state index in [1.807, 2.05) is 0 Å². The number of hydrogen-bond donors (Lipinski definition) is 0. The number of carbonyl (C=O) groups is 2. The third-order valence-corrected chi connectivity index (χ3v) is 2.18. The first-order chi connectivity index (χ1) is 8.60. The molecule has 0 heterocycles. The van der Waals surface area contributed by atoms with Crippen LogP contribution in [0.3, 0.4) is 0 Å². The highest BCUT2D eigenvalue weighted by atomic mass is 16.6. The topological polar surface area (TPSA) is 61.8 Å². The summed E-state index contributed by atoms with van der Waals surface area (Å²) in [5.41, 5.74) is 0. The molecule has 0 N–H and O–H groups in total. The number of para-hydroxylation sites is 2. The Balaban J connectivity index is 2.90. The molecule has 1 atom stereocenters. The van der Waals surface area contributed by atoms with Gasteiger partial charge in [0.1, 0.15) is 0 Å². The summed E-state index contributed by atoms with van der Waals surface area (Å²) in [5, 5.41) is 0. The van der Waals surface area contributed by atoms with Crippen LogP contribution in [-0.4, -0.2) is 31.6 Å². The average Bonchev–Trinajstić information content (AvgIpc) is 2.36. The minimum absolute atomic E-state index is 0.192. The first-order valence-corrected chi connectivity index (χ1v) is 5.57. The molecule has 0 radical (unpaired) electrons. The van der Waals surface area contributed by atoms with Gasteiger partial charge >= 0.3 is 5.97 Å². The molecule has 0 fully saturated rings. The van der Waals surface area contributed by atoms with Gasteiger partial charge in [0.15, 0.2) is 17.3 Å². The lowest BCUT2D eigenvalue weighted by atomic mass is 10.2. The molecule has 0 aliphatic heterocycles. The van der Waals surface area contributed by atoms with Crippen LogP contribution in [0.5, 0.6) is 11.5 Å². The molecule has 0 aliphatic carbocycles. The number of carbonyl (C=O) groups excluding carboxylic acids is 2. The van der Waals surface area contributed by atoms with Crippen LogP contribution in [-0.2, 0) is 14.3 Å². The smallest absolute Gasteiger partial charge is 0.355 e. The molecule has 1 rings (SSSR count). The standard InChI is InChI=1S/C13H16O5/c1-4-17-13(15)12(9(2)14)18-11-8-6-5-7-10(11)16-3/h5-8,12H,4H2,1-3H3. The second kappa shape index (κ2) is 6.64. The number of ketones is 1. The Bertz CT molecular complexity index is 427. The van der Waals surface area contributed by atoms with Crippen LogP contribution >= 0.6 is 0 Å². The number of ether oxygens (including phenoxy) is 3. The van der Waals surface area contributed by atoms with Crippen molar-refractivity contribution in [1.82, 2.24) is 0 Å². The van der Waals surface area contributed by atoms with Crippen molar-refractivity contribution in [3.05, 3.63) is 24.3 Å². The Morgan fingerprint density at radius 1 is 1.22 bits per heavy atom. The fraction of sp³-hybridized carbons (Fsp3) is 0.385. The van der Waals surface area contributed by atoms with Crippen molar-refractivity contribution in [2.75, 3.05) is 13.7 Å². The molecule has 5 heteroatoms. The van der Waals surface area contributed by atoms with E-state index in [0.29, 0.717) is 11.5 Å². The monoisotopic (exact) mass is 252 g/mol. The number of methoxy groups -OCH3 is 1. The Kier molecular flexibility index (Phi) is 5.17. The molecule has 0 aromatic heterocycles. The van der Waals surface area contributed by atoms with Crippen molar-refractivity contribution in [1.29, 1.82) is 0 Å². The molecule has 1 aromatic carbocycles. The molecule has 0 aliphatic rings. The molecule has 0 amide bonds. The number of esters is 1. The quantitative estimate of drug-likeness (QED) is 0.568. The summed E-state index contributed by atoms with van der Waals surface area (Å²) in [7, 11) is 1.48. The van der Waals surface area contributed by atoms with Gasteiger partial charge < -0.3 is 14.2 Å². The Morgan fingerprint density at radius 3 is 2.33 bits per heavy atom. The molecular formula is C13H16O5. The summed E-state index contributed by atoms with van der Waals surface area (Å²) in [6, 6.07) is 6.78. The van der Waals surface area contributed by atoms with Gasteiger partial charge in [0.2, 0.25) is 0 Å². The normalized spacial score (nSPS) is 11.5. The molecule has 1 aromatic rings. The highest BCUT2D eigenvalue weighted by Crippen LogP contribution is 2.27. The predicted octanol–water partition coefficient (Wildman–Crippen LogP) is 1.59. The molecule has 0 saturated heterocycles. The lowest BCUT2D eigenvalue weighted by Crippen LogP contribution is -2.35. The van der Waals surface area contributed by atoms with Gasteiger partial charge in [-0.1, -0.05) is 12.1 Å². The number of benzene rings is 1. The van der Waals surface area contributed by atoms with E-state index in [0.717, 1.165) is 0 Å². The van der Waals surface area contributed by atoms with E-state index in [9.17, 15) is 9.59 Å². The van der Waals surface area contributed by atoms with Crippen molar-refractivity contribution in [2.45, 2.75) is 20.0 Å². The molecule has 18 heavy (non-hydrogen) atoms. The summed E-state index contributed by atoms with van der Waals surface area (Å²) < 4.78 is 15.2. The van der Waals surface area contributed by atoms with Gasteiger partial charge in [-0.2, -0.15) is 0 Å². The summed E-state index contributed by atoms with van der Waals surface area (Å²) in [6.07, 6.45) is -1.26. The lowest BCUT2D eigenvalue weighted by molar-refractivity contribution is -0.155. The van der Waals surface area contributed by atoms with Crippen molar-refractivity contribution in [2.24, 2.45) is 0 Å². The van der Waals surface area contributed by atoms with Crippen molar-refractivity contribution >= 4 is 11.8 Å². The lowest BCUT2D eigenvalue weighted by Gasteiger charge is -2.16. The fourth-order valence-corrected chi connectivity index (χ4v) is 1.36. The van der Waals surface area contributed by atoms with Gasteiger partial charge in [0, 0.05) is 0 Å². The third kappa shape index (κ3) is 3.48. The van der Waals surface area contributed by atoms with E-state index < -0.39 is 17.9 Å². The molecule has 1 unspecified atom stereocenters. The fourth-order valence-electron chi connectivity index (χ4n) is 1.36. The van der Waals surface area contributed by atoms with E-state index in [-0.39, 0.29) is 6.61 Å². The average molecular weight is 252 g/mol. The second-order valence-electron chi connectivity index (χ2n) is 3.51. The summed E-state index contributed by atoms with van der Waals surface area (Å²) in [6.45, 7) is 3.13. The van der Waals surface area contributed by atoms with Gasteiger partial charge in [0.05, 0.1) is 13.7 Å². The maximum absolute atomic E-state index is 11.6. The molecule has 0 bridgehead atoms. The highest BCUT2D eigenvalue weighted by Gasteiger charge is 2.27. The minimum Gasteiger partial charge on any atom is -0.493 e. The van der Waals surface area contributed by atoms with Gasteiger partial charge in [-0.25, -0.2) is 4.79 Å². The first kappa shape index (κ1) is 14.0. The number of hydrogen-bond acceptors (Lipinski definition) is 5. The SMILES string of the molecule is CCOC(=O)C(Oc1ccccc1OC)C(C)=O. The molecular weight excluding hydrogens is 236 g/mol. The van der Waals surface area contributed by atoms with Gasteiger partial charge in [0.25, 0.3) is 6.10 Å². The van der Waals surface area contributed by atoms with Gasteiger partial charge in [-0.15, -0.1) is 0 Å². The van der Waals surface area contributed by atoms with E-state index in [1.165, 1.54) is 14.0 Å². The van der Waals surface area contributed by atoms with Crippen LogP contribution in [0.15, 0.2) is 24.3 Å². The summed E-state index contributed by atoms with van der Waals surface area (Å²) >= 11 is 0. The zero-order valence-electron chi connectivity index (χ0n) is 10.6. The van der Waals surface area contributed by atoms with E-state index in [1.54, 1.807) is 31.2 Å². The second-order valence-corrected chi connectivity index (χ2v) is 3.51. The van der Waals surface area contributed by atoms with E-state index in [4.69, 9.17) is 14.2 Å². The van der Waals surface area contributed by atoms with Crippen molar-refractivity contribution in [3.8, 4) is 11.5 Å². The molecule has 0 spiro atoms. The predicted molar refractivity (Wildman–Crippen MR) is 64.7 cm³/mol. The minimum atomic E-state index is -1.26. The Labute approximate surface area is 106 Å². The molecule has 5 nitrogen and oxygen atoms in total. The highest BCUT2D eigenvalue weighted by molar-refractivity contribution is 6.01. The maximum Gasteiger partial charge on any atom is 0.355 e. The van der Waals surface area contributed by atoms with Crippen molar-refractivity contribution < 1.29 is 23.8 Å². The van der Waals surface area contributed by atoms with Crippen molar-refractivity contribution in [3.63, 3.8) is 0 Å². The summed E-state index contributed by atoms with van der Waals surface area (Å²) in [4.78, 5) is 23.0. The molecule has 98 valence electrons. The molecule has 0 saturated carbocycles. The largest absolute Gasteiger partial charge is 0.493 e. The van der Waals surface area contributed by atoms with Crippen LogP contribution in [0.25, 0.3) is 0 Å². The maximum atomic E-state index is 11.6. The summed E-state index contributed by atoms with van der Waals surface area (Å²) in [5.74, 6) is -0.337. The zero-order valence-corrected chi connectivity index (χ0v) is 10.6. The van der Waals surface area contributed by atoms with Crippen LogP contribution in [0.2, 0.25) is 0 Å². The Hall–Kier alpha value is -2.04. The van der Waals surface area contributed by atoms with Crippen LogP contribution in [0.1, 0.15) is 13.8 Å². The number of rotatable bonds is 6. The van der Waals surface area contributed by atoms with Gasteiger partial charge in [-0.3, -0.25) is 4.79 Å². The zero-order chi connectivity index (χ0) is 13.5. The Morgan fingerprint density at radius 2 is 1.83 bits per heavy atom.